The molecule has 9 heteroatoms. The van der Waals surface area contributed by atoms with Crippen LogP contribution in [-0.4, -0.2) is 55.2 Å². The number of hydrogen-bond donors (Lipinski definition) is 0. The van der Waals surface area contributed by atoms with Gasteiger partial charge in [0, 0.05) is 38.5 Å². The second-order valence-corrected chi connectivity index (χ2v) is 10.6. The molecule has 2 aromatic rings. The van der Waals surface area contributed by atoms with E-state index in [9.17, 15) is 13.2 Å². The Kier molecular flexibility index (Phi) is 5.29. The summed E-state index contributed by atoms with van der Waals surface area (Å²) >= 11 is 2.78. The first kappa shape index (κ1) is 18.5. The van der Waals surface area contributed by atoms with Crippen LogP contribution in [0.15, 0.2) is 21.7 Å². The lowest BCUT2D eigenvalue weighted by molar-refractivity contribution is -0.127. The Hall–Kier alpha value is -1.29. The molecule has 1 aliphatic rings. The van der Waals surface area contributed by atoms with Gasteiger partial charge in [0.1, 0.15) is 4.21 Å². The van der Waals surface area contributed by atoms with E-state index in [-0.39, 0.29) is 11.8 Å². The summed E-state index contributed by atoms with van der Waals surface area (Å²) in [7, 11) is -1.97. The van der Waals surface area contributed by atoms with Crippen molar-refractivity contribution in [3.05, 3.63) is 22.5 Å². The van der Waals surface area contributed by atoms with Crippen molar-refractivity contribution in [2.24, 2.45) is 5.92 Å². The fraction of sp³-hybridized carbons (Fsp3) is 0.500. The number of likely N-dealkylation sites (tertiary alicyclic amines) is 1. The number of hydrogen-bond acceptors (Lipinski definition) is 6. The molecule has 1 atom stereocenters. The van der Waals surface area contributed by atoms with Crippen molar-refractivity contribution < 1.29 is 13.2 Å². The smallest absolute Gasteiger partial charge is 0.252 e. The molecule has 6 nitrogen and oxygen atoms in total. The maximum absolute atomic E-state index is 12.8. The van der Waals surface area contributed by atoms with Gasteiger partial charge in [0.05, 0.1) is 15.6 Å². The van der Waals surface area contributed by atoms with Crippen LogP contribution >= 0.6 is 22.7 Å². The molecule has 0 N–H and O–H groups in total. The molecule has 0 radical (unpaired) electrons. The fourth-order valence-electron chi connectivity index (χ4n) is 2.97. The highest BCUT2D eigenvalue weighted by molar-refractivity contribution is 7.91. The molecule has 0 saturated carbocycles. The minimum Gasteiger partial charge on any atom is -0.343 e. The standard InChI is InChI=1S/C16H21N3O3S3/c1-4-19-9-12(7-15(19)20)8-18(3)25(21,22)16-6-5-14(24-16)13-10-23-11(2)17-13/h5-6,10,12H,4,7-9H2,1-3H3. The van der Waals surface area contributed by atoms with Crippen LogP contribution in [0.25, 0.3) is 10.6 Å². The maximum atomic E-state index is 12.8. The van der Waals surface area contributed by atoms with Gasteiger partial charge in [-0.25, -0.2) is 13.4 Å². The number of rotatable bonds is 6. The van der Waals surface area contributed by atoms with E-state index in [0.29, 0.717) is 30.3 Å². The SMILES string of the molecule is CCN1CC(CN(C)S(=O)(=O)c2ccc(-c3csc(C)n3)s2)CC1=O. The Labute approximate surface area is 156 Å². The lowest BCUT2D eigenvalue weighted by atomic mass is 10.1. The molecule has 3 rings (SSSR count). The molecule has 0 aromatic carbocycles. The second kappa shape index (κ2) is 7.14. The van der Waals surface area contributed by atoms with Crippen molar-refractivity contribution in [2.45, 2.75) is 24.5 Å². The Morgan fingerprint density at radius 3 is 2.76 bits per heavy atom. The highest BCUT2D eigenvalue weighted by atomic mass is 32.2. The van der Waals surface area contributed by atoms with Gasteiger partial charge in [-0.2, -0.15) is 4.31 Å². The van der Waals surface area contributed by atoms with E-state index >= 15 is 0 Å². The predicted octanol–water partition coefficient (Wildman–Crippen LogP) is 2.67. The third-order valence-electron chi connectivity index (χ3n) is 4.31. The van der Waals surface area contributed by atoms with Gasteiger partial charge in [0.2, 0.25) is 5.91 Å². The molecule has 0 spiro atoms. The van der Waals surface area contributed by atoms with Crippen molar-refractivity contribution >= 4 is 38.6 Å². The van der Waals surface area contributed by atoms with Crippen LogP contribution in [0, 0.1) is 12.8 Å². The topological polar surface area (TPSA) is 70.6 Å². The predicted molar refractivity (Wildman–Crippen MR) is 100 cm³/mol. The zero-order chi connectivity index (χ0) is 18.2. The molecule has 1 saturated heterocycles. The van der Waals surface area contributed by atoms with E-state index in [2.05, 4.69) is 4.98 Å². The minimum atomic E-state index is -3.55. The van der Waals surface area contributed by atoms with E-state index in [1.54, 1.807) is 35.4 Å². The summed E-state index contributed by atoms with van der Waals surface area (Å²) in [6.07, 6.45) is 0.418. The third-order valence-corrected chi connectivity index (χ3v) is 8.48. The molecule has 3 heterocycles. The first-order valence-corrected chi connectivity index (χ1v) is 11.2. The number of sulfonamides is 1. The molecule has 136 valence electrons. The van der Waals surface area contributed by atoms with Gasteiger partial charge >= 0.3 is 0 Å². The maximum Gasteiger partial charge on any atom is 0.252 e. The number of aromatic nitrogens is 1. The lowest BCUT2D eigenvalue weighted by Gasteiger charge is -2.20. The van der Waals surface area contributed by atoms with E-state index in [1.807, 2.05) is 19.2 Å². The molecule has 1 amide bonds. The number of thiazole rings is 1. The minimum absolute atomic E-state index is 0.0489. The number of carbonyl (C=O) groups is 1. The van der Waals surface area contributed by atoms with Crippen molar-refractivity contribution in [1.29, 1.82) is 0 Å². The highest BCUT2D eigenvalue weighted by Gasteiger charge is 2.32. The quantitative estimate of drug-likeness (QED) is 0.749. The van der Waals surface area contributed by atoms with Gasteiger partial charge < -0.3 is 4.90 Å². The fourth-order valence-corrected chi connectivity index (χ4v) is 6.38. The largest absolute Gasteiger partial charge is 0.343 e. The molecule has 25 heavy (non-hydrogen) atoms. The summed E-state index contributed by atoms with van der Waals surface area (Å²) in [6.45, 7) is 5.52. The molecular weight excluding hydrogens is 378 g/mol. The van der Waals surface area contributed by atoms with Crippen LogP contribution in [0.1, 0.15) is 18.4 Å². The van der Waals surface area contributed by atoms with Gasteiger partial charge in [0.15, 0.2) is 0 Å². The summed E-state index contributed by atoms with van der Waals surface area (Å²) in [5.41, 5.74) is 0.816. The second-order valence-electron chi connectivity index (χ2n) is 6.16. The van der Waals surface area contributed by atoms with E-state index < -0.39 is 10.0 Å². The normalized spacial score (nSPS) is 18.5. The van der Waals surface area contributed by atoms with Gasteiger partial charge in [-0.3, -0.25) is 4.79 Å². The average molecular weight is 400 g/mol. The number of amides is 1. The summed E-state index contributed by atoms with van der Waals surface area (Å²) in [5, 5.41) is 2.89. The van der Waals surface area contributed by atoms with Crippen LogP contribution in [0.3, 0.4) is 0 Å². The Morgan fingerprint density at radius 2 is 2.16 bits per heavy atom. The Balaban J connectivity index is 1.73. The monoisotopic (exact) mass is 399 g/mol. The summed E-state index contributed by atoms with van der Waals surface area (Å²) in [5.74, 6) is 0.156. The molecule has 1 aliphatic heterocycles. The van der Waals surface area contributed by atoms with Gasteiger partial charge in [-0.15, -0.1) is 22.7 Å². The van der Waals surface area contributed by atoms with Gasteiger partial charge in [-0.1, -0.05) is 0 Å². The summed E-state index contributed by atoms with van der Waals surface area (Å²) < 4.78 is 27.3. The molecule has 0 aliphatic carbocycles. The molecule has 1 fully saturated rings. The number of thiophene rings is 1. The van der Waals surface area contributed by atoms with Gasteiger partial charge in [-0.05, 0) is 31.9 Å². The van der Waals surface area contributed by atoms with E-state index in [0.717, 1.165) is 15.6 Å². The van der Waals surface area contributed by atoms with Crippen molar-refractivity contribution in [2.75, 3.05) is 26.7 Å². The van der Waals surface area contributed by atoms with Crippen LogP contribution in [-0.2, 0) is 14.8 Å². The van der Waals surface area contributed by atoms with Crippen LogP contribution in [0.4, 0.5) is 0 Å². The highest BCUT2D eigenvalue weighted by Crippen LogP contribution is 2.33. The zero-order valence-electron chi connectivity index (χ0n) is 14.4. The van der Waals surface area contributed by atoms with E-state index in [1.165, 1.54) is 15.6 Å². The zero-order valence-corrected chi connectivity index (χ0v) is 16.9. The summed E-state index contributed by atoms with van der Waals surface area (Å²) in [6, 6.07) is 3.44. The van der Waals surface area contributed by atoms with Crippen LogP contribution < -0.4 is 0 Å². The van der Waals surface area contributed by atoms with Crippen molar-refractivity contribution in [1.82, 2.24) is 14.2 Å². The molecular formula is C16H21N3O3S3. The third kappa shape index (κ3) is 3.79. The Bertz CT molecular complexity index is 872. The van der Waals surface area contributed by atoms with E-state index in [4.69, 9.17) is 0 Å². The molecule has 1 unspecified atom stereocenters. The first-order chi connectivity index (χ1) is 11.8. The van der Waals surface area contributed by atoms with Crippen LogP contribution in [0.2, 0.25) is 0 Å². The number of carbonyl (C=O) groups excluding carboxylic acids is 1. The first-order valence-electron chi connectivity index (χ1n) is 8.07. The van der Waals surface area contributed by atoms with Crippen molar-refractivity contribution in [3.8, 4) is 10.6 Å². The molecule has 2 aromatic heterocycles. The number of aryl methyl sites for hydroxylation is 1. The molecule has 0 bridgehead atoms. The Morgan fingerprint density at radius 1 is 1.40 bits per heavy atom. The van der Waals surface area contributed by atoms with Crippen LogP contribution in [0.5, 0.6) is 0 Å². The number of nitrogens with zero attached hydrogens (tertiary/aromatic N) is 3. The summed E-state index contributed by atoms with van der Waals surface area (Å²) in [4.78, 5) is 18.9. The van der Waals surface area contributed by atoms with Gasteiger partial charge in [0.25, 0.3) is 10.0 Å². The lowest BCUT2D eigenvalue weighted by Crippen LogP contribution is -2.33. The van der Waals surface area contributed by atoms with Crippen molar-refractivity contribution in [3.63, 3.8) is 0 Å². The average Bonchev–Trinajstić information content (AvgIpc) is 3.26.